The number of hydrogen-bond donors (Lipinski definition) is 1. The number of halogens is 1. The second kappa shape index (κ2) is 8.57. The first-order valence-electron chi connectivity index (χ1n) is 7.38. The molecule has 5 nitrogen and oxygen atoms in total. The minimum Gasteiger partial charge on any atom is -0.496 e. The highest BCUT2D eigenvalue weighted by molar-refractivity contribution is 6.31. The lowest BCUT2D eigenvalue weighted by Gasteiger charge is -2.19. The van der Waals surface area contributed by atoms with Crippen LogP contribution in [0.2, 0.25) is 5.02 Å². The lowest BCUT2D eigenvalue weighted by atomic mass is 10.1. The third-order valence-corrected chi connectivity index (χ3v) is 3.86. The van der Waals surface area contributed by atoms with E-state index in [9.17, 15) is 4.79 Å². The van der Waals surface area contributed by atoms with E-state index in [-0.39, 0.29) is 18.6 Å². The summed E-state index contributed by atoms with van der Waals surface area (Å²) in [6.45, 7) is 0.283. The molecular formula is C18H20ClNO4. The van der Waals surface area contributed by atoms with Crippen LogP contribution in [0.1, 0.15) is 22.0 Å². The van der Waals surface area contributed by atoms with Gasteiger partial charge in [0.05, 0.1) is 19.8 Å². The second-order valence-corrected chi connectivity index (χ2v) is 5.46. The Bertz CT molecular complexity index is 705. The Kier molecular flexibility index (Phi) is 6.46. The number of rotatable bonds is 7. The SMILES string of the molecule is COc1ccc(Cl)cc1C(=O)NCC(OC)c1ccccc1OC. The van der Waals surface area contributed by atoms with E-state index in [1.165, 1.54) is 7.11 Å². The zero-order valence-electron chi connectivity index (χ0n) is 13.8. The van der Waals surface area contributed by atoms with Gasteiger partial charge in [-0.25, -0.2) is 0 Å². The third-order valence-electron chi connectivity index (χ3n) is 3.62. The van der Waals surface area contributed by atoms with Crippen LogP contribution in [0.3, 0.4) is 0 Å². The molecule has 2 rings (SSSR count). The Hall–Kier alpha value is -2.24. The average Bonchev–Trinajstić information content (AvgIpc) is 2.62. The average molecular weight is 350 g/mol. The summed E-state index contributed by atoms with van der Waals surface area (Å²) in [5.41, 5.74) is 1.24. The number of nitrogens with one attached hydrogen (secondary N) is 1. The summed E-state index contributed by atoms with van der Waals surface area (Å²) in [4.78, 5) is 12.4. The van der Waals surface area contributed by atoms with E-state index in [4.69, 9.17) is 25.8 Å². The molecule has 0 fully saturated rings. The number of para-hydroxylation sites is 1. The molecule has 0 aliphatic heterocycles. The summed E-state index contributed by atoms with van der Waals surface area (Å²) < 4.78 is 16.0. The lowest BCUT2D eigenvalue weighted by Crippen LogP contribution is -2.29. The summed E-state index contributed by atoms with van der Waals surface area (Å²) >= 11 is 5.97. The molecule has 1 atom stereocenters. The monoisotopic (exact) mass is 349 g/mol. The highest BCUT2D eigenvalue weighted by Crippen LogP contribution is 2.27. The van der Waals surface area contributed by atoms with E-state index < -0.39 is 0 Å². The maximum atomic E-state index is 12.4. The van der Waals surface area contributed by atoms with Crippen LogP contribution in [0.5, 0.6) is 11.5 Å². The fraction of sp³-hybridized carbons (Fsp3) is 0.278. The highest BCUT2D eigenvalue weighted by Gasteiger charge is 2.18. The second-order valence-electron chi connectivity index (χ2n) is 5.02. The number of hydrogen-bond acceptors (Lipinski definition) is 4. The van der Waals surface area contributed by atoms with Gasteiger partial charge in [0, 0.05) is 24.2 Å². The first-order chi connectivity index (χ1) is 11.6. The van der Waals surface area contributed by atoms with Gasteiger partial charge < -0.3 is 19.5 Å². The normalized spacial score (nSPS) is 11.7. The van der Waals surface area contributed by atoms with Crippen molar-refractivity contribution >= 4 is 17.5 Å². The first-order valence-corrected chi connectivity index (χ1v) is 7.76. The van der Waals surface area contributed by atoms with Crippen molar-refractivity contribution in [1.82, 2.24) is 5.32 Å². The molecule has 0 heterocycles. The summed E-state index contributed by atoms with van der Waals surface area (Å²) in [5, 5.41) is 3.31. The molecule has 0 aliphatic carbocycles. The van der Waals surface area contributed by atoms with Crippen LogP contribution in [0.25, 0.3) is 0 Å². The van der Waals surface area contributed by atoms with Crippen molar-refractivity contribution in [3.05, 3.63) is 58.6 Å². The lowest BCUT2D eigenvalue weighted by molar-refractivity contribution is 0.0817. The molecule has 1 N–H and O–H groups in total. The number of methoxy groups -OCH3 is 3. The number of benzene rings is 2. The molecule has 0 spiro atoms. The smallest absolute Gasteiger partial charge is 0.255 e. The molecule has 2 aromatic rings. The van der Waals surface area contributed by atoms with Gasteiger partial charge in [-0.1, -0.05) is 29.8 Å². The van der Waals surface area contributed by atoms with Gasteiger partial charge in [0.15, 0.2) is 0 Å². The van der Waals surface area contributed by atoms with E-state index in [0.717, 1.165) is 5.56 Å². The van der Waals surface area contributed by atoms with Gasteiger partial charge in [0.1, 0.15) is 17.6 Å². The largest absolute Gasteiger partial charge is 0.496 e. The van der Waals surface area contributed by atoms with E-state index in [1.54, 1.807) is 32.4 Å². The molecule has 0 aromatic heterocycles. The van der Waals surface area contributed by atoms with Crippen molar-refractivity contribution < 1.29 is 19.0 Å². The molecular weight excluding hydrogens is 330 g/mol. The number of carbonyl (C=O) groups excluding carboxylic acids is 1. The van der Waals surface area contributed by atoms with Crippen LogP contribution < -0.4 is 14.8 Å². The predicted octanol–water partition coefficient (Wildman–Crippen LogP) is 3.47. The number of amides is 1. The summed E-state index contributed by atoms with van der Waals surface area (Å²) in [6.07, 6.45) is -0.338. The first kappa shape index (κ1) is 18.1. The molecule has 2 aromatic carbocycles. The summed E-state index contributed by atoms with van der Waals surface area (Å²) in [6, 6.07) is 12.4. The minimum absolute atomic E-state index is 0.283. The van der Waals surface area contributed by atoms with Crippen LogP contribution >= 0.6 is 11.6 Å². The van der Waals surface area contributed by atoms with Crippen LogP contribution in [0.15, 0.2) is 42.5 Å². The quantitative estimate of drug-likeness (QED) is 0.831. The van der Waals surface area contributed by atoms with E-state index in [1.807, 2.05) is 24.3 Å². The molecule has 0 bridgehead atoms. The summed E-state index contributed by atoms with van der Waals surface area (Å²) in [7, 11) is 4.69. The molecule has 128 valence electrons. The van der Waals surface area contributed by atoms with E-state index >= 15 is 0 Å². The Morgan fingerprint density at radius 2 is 1.79 bits per heavy atom. The van der Waals surface area contributed by atoms with Crippen LogP contribution in [0.4, 0.5) is 0 Å². The predicted molar refractivity (Wildman–Crippen MR) is 93.1 cm³/mol. The van der Waals surface area contributed by atoms with Crippen molar-refractivity contribution in [2.45, 2.75) is 6.10 Å². The maximum Gasteiger partial charge on any atom is 0.255 e. The molecule has 6 heteroatoms. The molecule has 0 saturated carbocycles. The van der Waals surface area contributed by atoms with Gasteiger partial charge in [-0.05, 0) is 24.3 Å². The van der Waals surface area contributed by atoms with Gasteiger partial charge in [-0.3, -0.25) is 4.79 Å². The van der Waals surface area contributed by atoms with E-state index in [2.05, 4.69) is 5.32 Å². The maximum absolute atomic E-state index is 12.4. The van der Waals surface area contributed by atoms with Gasteiger partial charge in [-0.2, -0.15) is 0 Å². The van der Waals surface area contributed by atoms with Crippen molar-refractivity contribution in [2.24, 2.45) is 0 Å². The summed E-state index contributed by atoms with van der Waals surface area (Å²) in [5.74, 6) is 0.883. The van der Waals surface area contributed by atoms with Gasteiger partial charge in [-0.15, -0.1) is 0 Å². The molecule has 1 amide bonds. The van der Waals surface area contributed by atoms with Crippen molar-refractivity contribution in [2.75, 3.05) is 27.9 Å². The van der Waals surface area contributed by atoms with Crippen LogP contribution in [0, 0.1) is 0 Å². The van der Waals surface area contributed by atoms with Gasteiger partial charge >= 0.3 is 0 Å². The third kappa shape index (κ3) is 4.19. The Morgan fingerprint density at radius 1 is 1.08 bits per heavy atom. The standard InChI is InChI=1S/C18H20ClNO4/c1-22-15-7-5-4-6-13(15)17(24-3)11-20-18(21)14-10-12(19)8-9-16(14)23-2/h4-10,17H,11H2,1-3H3,(H,20,21). The topological polar surface area (TPSA) is 56.8 Å². The Morgan fingerprint density at radius 3 is 2.46 bits per heavy atom. The number of ether oxygens (including phenoxy) is 3. The fourth-order valence-electron chi connectivity index (χ4n) is 2.39. The zero-order valence-corrected chi connectivity index (χ0v) is 14.6. The molecule has 0 radical (unpaired) electrons. The van der Waals surface area contributed by atoms with Gasteiger partial charge in [0.2, 0.25) is 0 Å². The fourth-order valence-corrected chi connectivity index (χ4v) is 2.56. The van der Waals surface area contributed by atoms with Crippen molar-refractivity contribution in [3.8, 4) is 11.5 Å². The Labute approximate surface area is 146 Å². The molecule has 0 saturated heterocycles. The zero-order chi connectivity index (χ0) is 17.5. The van der Waals surface area contributed by atoms with Gasteiger partial charge in [0.25, 0.3) is 5.91 Å². The van der Waals surface area contributed by atoms with Crippen LogP contribution in [-0.4, -0.2) is 33.8 Å². The molecule has 24 heavy (non-hydrogen) atoms. The van der Waals surface area contributed by atoms with E-state index in [0.29, 0.717) is 22.1 Å². The van der Waals surface area contributed by atoms with Crippen molar-refractivity contribution in [1.29, 1.82) is 0 Å². The Balaban J connectivity index is 2.13. The van der Waals surface area contributed by atoms with Crippen LogP contribution in [-0.2, 0) is 4.74 Å². The molecule has 1 unspecified atom stereocenters. The highest BCUT2D eigenvalue weighted by atomic mass is 35.5. The van der Waals surface area contributed by atoms with Crippen molar-refractivity contribution in [3.63, 3.8) is 0 Å². The minimum atomic E-state index is -0.338. The molecule has 0 aliphatic rings. The number of carbonyl (C=O) groups is 1.